The molecule has 2 N–H and O–H groups in total. The van der Waals surface area contributed by atoms with E-state index >= 15 is 0 Å². The van der Waals surface area contributed by atoms with Gasteiger partial charge in [-0.2, -0.15) is 0 Å². The lowest BCUT2D eigenvalue weighted by Crippen LogP contribution is -2.32. The molecule has 0 aliphatic carbocycles. The number of primary amides is 1. The zero-order chi connectivity index (χ0) is 14.4. The first kappa shape index (κ1) is 14.1. The first-order valence-corrected chi connectivity index (χ1v) is 6.20. The first-order valence-electron chi connectivity index (χ1n) is 5.82. The molecule has 1 aromatic heterocycles. The molecule has 8 heteroatoms. The Kier molecular flexibility index (Phi) is 4.78. The topological polar surface area (TPSA) is 92.3 Å². The molecule has 0 saturated heterocycles. The Morgan fingerprint density at radius 2 is 2.15 bits per heavy atom. The number of aromatic nitrogens is 3. The largest absolute Gasteiger partial charge is 0.490 e. The molecule has 0 saturated carbocycles. The number of rotatable bonds is 6. The molecule has 0 bridgehead atoms. The molecule has 1 aromatic carbocycles. The van der Waals surface area contributed by atoms with Crippen molar-refractivity contribution in [2.45, 2.75) is 12.6 Å². The highest BCUT2D eigenvalue weighted by Gasteiger charge is 2.15. The van der Waals surface area contributed by atoms with E-state index in [9.17, 15) is 4.79 Å². The molecular weight excluding hydrogens is 284 g/mol. The van der Waals surface area contributed by atoms with Crippen molar-refractivity contribution in [3.8, 4) is 5.75 Å². The number of hydrogen-bond acceptors (Lipinski definition) is 5. The molecule has 2 aromatic rings. The van der Waals surface area contributed by atoms with Crippen LogP contribution in [0.25, 0.3) is 0 Å². The lowest BCUT2D eigenvalue weighted by atomic mass is 10.3. The summed E-state index contributed by atoms with van der Waals surface area (Å²) in [6.07, 6.45) is 1.75. The second kappa shape index (κ2) is 6.76. The van der Waals surface area contributed by atoms with Crippen molar-refractivity contribution >= 4 is 17.7 Å². The summed E-state index contributed by atoms with van der Waals surface area (Å²) in [5, 5.41) is 8.08. The molecule has 1 heterocycles. The van der Waals surface area contributed by atoms with E-state index in [1.807, 2.05) is 0 Å². The summed E-state index contributed by atoms with van der Waals surface area (Å²) in [6.45, 7) is 0.445. The Morgan fingerprint density at radius 1 is 1.40 bits per heavy atom. The number of amides is 1. The van der Waals surface area contributed by atoms with Gasteiger partial charge in [0, 0.05) is 11.2 Å². The number of ether oxygens (including phenoxy) is 2. The minimum absolute atomic E-state index is 0.143. The van der Waals surface area contributed by atoms with Crippen LogP contribution in [0.4, 0.5) is 4.79 Å². The number of carbonyl (C=O) groups excluding carboxylic acids is 1. The highest BCUT2D eigenvalue weighted by Crippen LogP contribution is 2.16. The van der Waals surface area contributed by atoms with Crippen LogP contribution < -0.4 is 10.5 Å². The van der Waals surface area contributed by atoms with E-state index in [0.29, 0.717) is 17.3 Å². The Morgan fingerprint density at radius 3 is 2.75 bits per heavy atom. The van der Waals surface area contributed by atoms with Gasteiger partial charge in [0.1, 0.15) is 12.4 Å². The van der Waals surface area contributed by atoms with Crippen molar-refractivity contribution in [2.75, 3.05) is 6.61 Å². The van der Waals surface area contributed by atoms with Gasteiger partial charge in [0.15, 0.2) is 6.10 Å². The molecular formula is C12H13ClN4O3. The summed E-state index contributed by atoms with van der Waals surface area (Å²) in [6, 6.07) is 6.86. The third-order valence-electron chi connectivity index (χ3n) is 2.39. The minimum Gasteiger partial charge on any atom is -0.490 e. The van der Waals surface area contributed by atoms with Gasteiger partial charge in [0.2, 0.25) is 0 Å². The molecule has 1 unspecified atom stereocenters. The van der Waals surface area contributed by atoms with E-state index < -0.39 is 12.2 Å². The fourth-order valence-corrected chi connectivity index (χ4v) is 1.67. The second-order valence-corrected chi connectivity index (χ2v) is 4.39. The van der Waals surface area contributed by atoms with E-state index in [2.05, 4.69) is 10.3 Å². The number of nitrogens with two attached hydrogens (primary N) is 1. The van der Waals surface area contributed by atoms with Crippen LogP contribution >= 0.6 is 11.6 Å². The van der Waals surface area contributed by atoms with Crippen molar-refractivity contribution in [2.24, 2.45) is 5.73 Å². The predicted molar refractivity (Wildman–Crippen MR) is 71.4 cm³/mol. The van der Waals surface area contributed by atoms with Crippen LogP contribution in [0.1, 0.15) is 0 Å². The number of halogens is 1. The van der Waals surface area contributed by atoms with Gasteiger partial charge < -0.3 is 15.2 Å². The monoisotopic (exact) mass is 296 g/mol. The van der Waals surface area contributed by atoms with Crippen LogP contribution in [0.5, 0.6) is 5.75 Å². The van der Waals surface area contributed by atoms with Gasteiger partial charge in [-0.05, 0) is 24.3 Å². The number of nitrogens with zero attached hydrogens (tertiary/aromatic N) is 3. The maximum atomic E-state index is 10.9. The molecule has 0 spiro atoms. The summed E-state index contributed by atoms with van der Waals surface area (Å²) in [5.74, 6) is 0.617. The summed E-state index contributed by atoms with van der Waals surface area (Å²) < 4.78 is 12.0. The van der Waals surface area contributed by atoms with Crippen LogP contribution in [-0.4, -0.2) is 33.8 Å². The Hall–Kier alpha value is -2.28. The lowest BCUT2D eigenvalue weighted by Gasteiger charge is -2.17. The van der Waals surface area contributed by atoms with Crippen LogP contribution in [0.2, 0.25) is 5.02 Å². The van der Waals surface area contributed by atoms with Gasteiger partial charge >= 0.3 is 6.09 Å². The first-order chi connectivity index (χ1) is 9.63. The predicted octanol–water partition coefficient (Wildman–Crippen LogP) is 1.47. The highest BCUT2D eigenvalue weighted by atomic mass is 35.5. The maximum absolute atomic E-state index is 10.9. The molecule has 20 heavy (non-hydrogen) atoms. The molecule has 2 rings (SSSR count). The molecule has 0 fully saturated rings. The smallest absolute Gasteiger partial charge is 0.404 e. The number of hydrogen-bond donors (Lipinski definition) is 1. The van der Waals surface area contributed by atoms with E-state index in [1.165, 1.54) is 10.9 Å². The zero-order valence-electron chi connectivity index (χ0n) is 10.5. The lowest BCUT2D eigenvalue weighted by molar-refractivity contribution is 0.0587. The van der Waals surface area contributed by atoms with Gasteiger partial charge in [-0.1, -0.05) is 16.8 Å². The zero-order valence-corrected chi connectivity index (χ0v) is 11.2. The average Bonchev–Trinajstić information content (AvgIpc) is 2.90. The standard InChI is InChI=1S/C12H13ClN4O3/c13-9-1-3-10(4-2-9)19-8-11(20-12(14)18)7-17-6-5-15-16-17/h1-6,11H,7-8H2,(H2,14,18). The normalized spacial score (nSPS) is 11.8. The fraction of sp³-hybridized carbons (Fsp3) is 0.250. The summed E-state index contributed by atoms with van der Waals surface area (Å²) in [5.41, 5.74) is 5.03. The van der Waals surface area contributed by atoms with Crippen molar-refractivity contribution < 1.29 is 14.3 Å². The minimum atomic E-state index is -0.866. The molecule has 0 aliphatic rings. The number of benzene rings is 1. The second-order valence-electron chi connectivity index (χ2n) is 3.95. The van der Waals surface area contributed by atoms with Crippen LogP contribution in [0, 0.1) is 0 Å². The molecule has 106 valence electrons. The quantitative estimate of drug-likeness (QED) is 0.871. The molecule has 0 radical (unpaired) electrons. The Labute approximate surface area is 120 Å². The molecule has 0 aliphatic heterocycles. The van der Waals surface area contributed by atoms with Gasteiger partial charge in [-0.15, -0.1) is 5.10 Å². The van der Waals surface area contributed by atoms with Crippen LogP contribution in [-0.2, 0) is 11.3 Å². The molecule has 1 amide bonds. The van der Waals surface area contributed by atoms with E-state index in [4.69, 9.17) is 26.8 Å². The van der Waals surface area contributed by atoms with Crippen molar-refractivity contribution in [1.82, 2.24) is 15.0 Å². The SMILES string of the molecule is NC(=O)OC(COc1ccc(Cl)cc1)Cn1ccnn1. The van der Waals surface area contributed by atoms with Crippen molar-refractivity contribution in [1.29, 1.82) is 0 Å². The number of carbonyl (C=O) groups is 1. The summed E-state index contributed by atoms with van der Waals surface area (Å²) >= 11 is 5.78. The van der Waals surface area contributed by atoms with E-state index in [-0.39, 0.29) is 6.61 Å². The van der Waals surface area contributed by atoms with Crippen LogP contribution in [0.3, 0.4) is 0 Å². The summed E-state index contributed by atoms with van der Waals surface area (Å²) in [7, 11) is 0. The Balaban J connectivity index is 1.93. The van der Waals surface area contributed by atoms with Crippen LogP contribution in [0.15, 0.2) is 36.7 Å². The van der Waals surface area contributed by atoms with Gasteiger partial charge in [-0.3, -0.25) is 0 Å². The fourth-order valence-electron chi connectivity index (χ4n) is 1.55. The average molecular weight is 297 g/mol. The third kappa shape index (κ3) is 4.43. The Bertz CT molecular complexity index is 544. The van der Waals surface area contributed by atoms with E-state index in [1.54, 1.807) is 30.5 Å². The third-order valence-corrected chi connectivity index (χ3v) is 2.65. The van der Waals surface area contributed by atoms with Gasteiger partial charge in [0.05, 0.1) is 12.7 Å². The van der Waals surface area contributed by atoms with Crippen molar-refractivity contribution in [3.63, 3.8) is 0 Å². The van der Waals surface area contributed by atoms with Gasteiger partial charge in [0.25, 0.3) is 0 Å². The highest BCUT2D eigenvalue weighted by molar-refractivity contribution is 6.30. The van der Waals surface area contributed by atoms with E-state index in [0.717, 1.165) is 0 Å². The van der Waals surface area contributed by atoms with Gasteiger partial charge in [-0.25, -0.2) is 9.48 Å². The van der Waals surface area contributed by atoms with Crippen molar-refractivity contribution in [3.05, 3.63) is 41.7 Å². The summed E-state index contributed by atoms with van der Waals surface area (Å²) in [4.78, 5) is 10.9. The molecule has 1 atom stereocenters. The molecule has 7 nitrogen and oxygen atoms in total. The maximum Gasteiger partial charge on any atom is 0.404 e.